The van der Waals surface area contributed by atoms with Crippen molar-refractivity contribution < 1.29 is 28.6 Å². The van der Waals surface area contributed by atoms with Crippen LogP contribution >= 0.6 is 0 Å². The second-order valence-corrected chi connectivity index (χ2v) is 17.1. The number of carbonyl (C=O) groups is 3. The monoisotopic (exact) mass is 817 g/mol. The standard InChI is InChI=1S/C52H96O6/c1-4-7-10-13-16-19-22-23-24-25-26-27-28-31-33-36-39-42-45-51(54)57-48-49(58-52(55)46-43-40-37-34-30-21-18-15-12-9-6-3)47-56-50(53)44-41-38-35-32-29-20-17-14-11-8-5-2/h15,18,26-27,49H,4-14,16-17,19-25,28-48H2,1-3H3/b18-15-,27-26-. The molecular weight excluding hydrogens is 721 g/mol. The molecule has 0 saturated heterocycles. The van der Waals surface area contributed by atoms with Crippen LogP contribution < -0.4 is 0 Å². The number of rotatable bonds is 46. The topological polar surface area (TPSA) is 78.9 Å². The summed E-state index contributed by atoms with van der Waals surface area (Å²) in [7, 11) is 0. The average molecular weight is 817 g/mol. The minimum absolute atomic E-state index is 0.0741. The van der Waals surface area contributed by atoms with Gasteiger partial charge in [0.1, 0.15) is 13.2 Å². The first-order valence-electron chi connectivity index (χ1n) is 25.3. The van der Waals surface area contributed by atoms with Gasteiger partial charge in [-0.3, -0.25) is 14.4 Å². The van der Waals surface area contributed by atoms with E-state index in [9.17, 15) is 14.4 Å². The molecule has 0 aromatic heterocycles. The third kappa shape index (κ3) is 45.0. The van der Waals surface area contributed by atoms with Gasteiger partial charge in [0.25, 0.3) is 0 Å². The Morgan fingerprint density at radius 3 is 0.914 bits per heavy atom. The molecule has 6 heteroatoms. The van der Waals surface area contributed by atoms with Crippen LogP contribution in [0.25, 0.3) is 0 Å². The molecule has 1 atom stereocenters. The van der Waals surface area contributed by atoms with Crippen molar-refractivity contribution >= 4 is 17.9 Å². The SMILES string of the molecule is CCCC/C=C\CCCCCCCC(=O)OC(COC(=O)CCCCCCC/C=C\CCCCCCCCCCC)COC(=O)CCCCCCCCCCCCC. The van der Waals surface area contributed by atoms with Gasteiger partial charge in [-0.2, -0.15) is 0 Å². The summed E-state index contributed by atoms with van der Waals surface area (Å²) in [4.78, 5) is 37.8. The zero-order chi connectivity index (χ0) is 42.3. The largest absolute Gasteiger partial charge is 0.462 e. The van der Waals surface area contributed by atoms with Gasteiger partial charge in [0.15, 0.2) is 6.10 Å². The molecule has 340 valence electrons. The van der Waals surface area contributed by atoms with Crippen molar-refractivity contribution in [2.75, 3.05) is 13.2 Å². The highest BCUT2D eigenvalue weighted by Crippen LogP contribution is 2.15. The quantitative estimate of drug-likeness (QED) is 0.0263. The molecule has 0 radical (unpaired) electrons. The first-order valence-corrected chi connectivity index (χ1v) is 25.3. The molecule has 0 aromatic rings. The summed E-state index contributed by atoms with van der Waals surface area (Å²) in [5.74, 6) is -0.884. The number of hydrogen-bond acceptors (Lipinski definition) is 6. The summed E-state index contributed by atoms with van der Waals surface area (Å²) >= 11 is 0. The molecule has 0 aliphatic heterocycles. The Morgan fingerprint density at radius 2 is 0.586 bits per heavy atom. The Hall–Kier alpha value is -2.11. The molecule has 58 heavy (non-hydrogen) atoms. The van der Waals surface area contributed by atoms with Crippen LogP contribution in [-0.2, 0) is 28.6 Å². The Labute approximate surface area is 360 Å². The Morgan fingerprint density at radius 1 is 0.328 bits per heavy atom. The molecule has 0 spiro atoms. The minimum atomic E-state index is -0.773. The maximum Gasteiger partial charge on any atom is 0.306 e. The van der Waals surface area contributed by atoms with Crippen LogP contribution in [0.3, 0.4) is 0 Å². The van der Waals surface area contributed by atoms with Crippen molar-refractivity contribution in [3.05, 3.63) is 24.3 Å². The number of ether oxygens (including phenoxy) is 3. The van der Waals surface area contributed by atoms with E-state index in [4.69, 9.17) is 14.2 Å². The van der Waals surface area contributed by atoms with E-state index in [1.54, 1.807) is 0 Å². The van der Waals surface area contributed by atoms with Crippen molar-refractivity contribution in [3.8, 4) is 0 Å². The van der Waals surface area contributed by atoms with Crippen LogP contribution in [0.2, 0.25) is 0 Å². The van der Waals surface area contributed by atoms with Gasteiger partial charge in [-0.15, -0.1) is 0 Å². The van der Waals surface area contributed by atoms with E-state index in [0.29, 0.717) is 19.3 Å². The zero-order valence-electron chi connectivity index (χ0n) is 38.8. The molecule has 0 bridgehead atoms. The highest BCUT2D eigenvalue weighted by atomic mass is 16.6. The molecule has 0 amide bonds. The summed E-state index contributed by atoms with van der Waals surface area (Å²) in [6.45, 7) is 6.60. The van der Waals surface area contributed by atoms with Crippen LogP contribution in [0.4, 0.5) is 0 Å². The van der Waals surface area contributed by atoms with E-state index in [1.807, 2.05) is 0 Å². The van der Waals surface area contributed by atoms with Crippen molar-refractivity contribution in [1.82, 2.24) is 0 Å². The predicted molar refractivity (Wildman–Crippen MR) is 247 cm³/mol. The van der Waals surface area contributed by atoms with Gasteiger partial charge in [-0.25, -0.2) is 0 Å². The number of carbonyl (C=O) groups excluding carboxylic acids is 3. The summed E-state index contributed by atoms with van der Waals surface area (Å²) in [5, 5.41) is 0. The molecule has 0 fully saturated rings. The van der Waals surface area contributed by atoms with Crippen molar-refractivity contribution in [2.45, 2.75) is 277 Å². The first kappa shape index (κ1) is 55.9. The molecule has 0 aromatic carbocycles. The second kappa shape index (κ2) is 47.6. The van der Waals surface area contributed by atoms with Crippen LogP contribution in [0.5, 0.6) is 0 Å². The summed E-state index contributed by atoms with van der Waals surface area (Å²) in [6.07, 6.45) is 53.1. The normalized spacial score (nSPS) is 12.1. The van der Waals surface area contributed by atoms with E-state index in [1.165, 1.54) is 154 Å². The third-order valence-corrected chi connectivity index (χ3v) is 11.2. The fourth-order valence-corrected chi connectivity index (χ4v) is 7.30. The average Bonchev–Trinajstić information content (AvgIpc) is 3.22. The second-order valence-electron chi connectivity index (χ2n) is 17.1. The lowest BCUT2D eigenvalue weighted by atomic mass is 10.1. The Bertz CT molecular complexity index is 942. The molecule has 0 saturated carbocycles. The maximum absolute atomic E-state index is 12.7. The lowest BCUT2D eigenvalue weighted by molar-refractivity contribution is -0.167. The van der Waals surface area contributed by atoms with Crippen LogP contribution in [0, 0.1) is 0 Å². The lowest BCUT2D eigenvalue weighted by Crippen LogP contribution is -2.30. The van der Waals surface area contributed by atoms with Gasteiger partial charge >= 0.3 is 17.9 Å². The highest BCUT2D eigenvalue weighted by molar-refractivity contribution is 5.71. The van der Waals surface area contributed by atoms with Crippen LogP contribution in [0.15, 0.2) is 24.3 Å². The van der Waals surface area contributed by atoms with Crippen LogP contribution in [-0.4, -0.2) is 37.2 Å². The van der Waals surface area contributed by atoms with E-state index in [2.05, 4.69) is 45.1 Å². The minimum Gasteiger partial charge on any atom is -0.462 e. The van der Waals surface area contributed by atoms with Gasteiger partial charge in [-0.1, -0.05) is 212 Å². The number of allylic oxidation sites excluding steroid dienone is 4. The van der Waals surface area contributed by atoms with E-state index >= 15 is 0 Å². The number of hydrogen-bond donors (Lipinski definition) is 0. The van der Waals surface area contributed by atoms with E-state index in [-0.39, 0.29) is 31.1 Å². The van der Waals surface area contributed by atoms with Gasteiger partial charge in [0.05, 0.1) is 0 Å². The molecular formula is C52H96O6. The number of unbranched alkanes of at least 4 members (excludes halogenated alkanes) is 31. The smallest absolute Gasteiger partial charge is 0.306 e. The summed E-state index contributed by atoms with van der Waals surface area (Å²) in [5.41, 5.74) is 0. The van der Waals surface area contributed by atoms with Gasteiger partial charge < -0.3 is 14.2 Å². The predicted octanol–water partition coefficient (Wildman–Crippen LogP) is 16.4. The molecule has 0 N–H and O–H groups in total. The first-order chi connectivity index (χ1) is 28.5. The highest BCUT2D eigenvalue weighted by Gasteiger charge is 2.19. The van der Waals surface area contributed by atoms with E-state index < -0.39 is 6.10 Å². The fraction of sp³-hybridized carbons (Fsp3) is 0.865. The van der Waals surface area contributed by atoms with Crippen LogP contribution in [0.1, 0.15) is 271 Å². The van der Waals surface area contributed by atoms with Crippen molar-refractivity contribution in [2.24, 2.45) is 0 Å². The van der Waals surface area contributed by atoms with Crippen molar-refractivity contribution in [3.63, 3.8) is 0 Å². The third-order valence-electron chi connectivity index (χ3n) is 11.2. The maximum atomic E-state index is 12.7. The molecule has 0 aliphatic rings. The summed E-state index contributed by atoms with van der Waals surface area (Å²) in [6, 6.07) is 0. The van der Waals surface area contributed by atoms with Gasteiger partial charge in [-0.05, 0) is 64.2 Å². The fourth-order valence-electron chi connectivity index (χ4n) is 7.30. The van der Waals surface area contributed by atoms with Crippen molar-refractivity contribution in [1.29, 1.82) is 0 Å². The molecule has 0 rings (SSSR count). The zero-order valence-corrected chi connectivity index (χ0v) is 38.8. The lowest BCUT2D eigenvalue weighted by Gasteiger charge is -2.18. The molecule has 6 nitrogen and oxygen atoms in total. The molecule has 0 aliphatic carbocycles. The number of esters is 3. The summed E-state index contributed by atoms with van der Waals surface area (Å²) < 4.78 is 16.7. The Balaban J connectivity index is 4.30. The molecule has 1 unspecified atom stereocenters. The van der Waals surface area contributed by atoms with E-state index in [0.717, 1.165) is 77.0 Å². The van der Waals surface area contributed by atoms with Gasteiger partial charge in [0, 0.05) is 19.3 Å². The Kier molecular flexibility index (Phi) is 45.8. The molecule has 0 heterocycles. The van der Waals surface area contributed by atoms with Gasteiger partial charge in [0.2, 0.25) is 0 Å².